The smallest absolute Gasteiger partial charge is 0.306 e. The second-order valence-corrected chi connectivity index (χ2v) is 16.0. The summed E-state index contributed by atoms with van der Waals surface area (Å²) in [6.07, 6.45) is 49.2. The molecular formula is C49H83NO7. The maximum Gasteiger partial charge on any atom is 0.306 e. The summed E-state index contributed by atoms with van der Waals surface area (Å²) in [5, 5.41) is 11.6. The van der Waals surface area contributed by atoms with Crippen molar-refractivity contribution in [3.63, 3.8) is 0 Å². The first kappa shape index (κ1) is 53.8. The molecule has 0 rings (SSSR count). The minimum absolute atomic E-state index is 0.0246. The first-order valence-corrected chi connectivity index (χ1v) is 22.5. The highest BCUT2D eigenvalue weighted by molar-refractivity contribution is 5.70. The van der Waals surface area contributed by atoms with E-state index in [0.717, 1.165) is 83.5 Å². The maximum absolute atomic E-state index is 12.7. The number of rotatable bonds is 39. The maximum atomic E-state index is 12.7. The second kappa shape index (κ2) is 39.6. The summed E-state index contributed by atoms with van der Waals surface area (Å²) in [5.41, 5.74) is 0. The molecule has 0 N–H and O–H groups in total. The van der Waals surface area contributed by atoms with E-state index in [-0.39, 0.29) is 42.7 Å². The Morgan fingerprint density at radius 2 is 0.982 bits per heavy atom. The van der Waals surface area contributed by atoms with Crippen molar-refractivity contribution in [1.82, 2.24) is 0 Å². The summed E-state index contributed by atoms with van der Waals surface area (Å²) in [6.45, 7) is 4.47. The summed E-state index contributed by atoms with van der Waals surface area (Å²) in [7, 11) is 5.39. The lowest BCUT2D eigenvalue weighted by Gasteiger charge is -2.34. The van der Waals surface area contributed by atoms with Crippen LogP contribution in [0.25, 0.3) is 0 Å². The number of esters is 2. The molecule has 2 unspecified atom stereocenters. The van der Waals surface area contributed by atoms with Gasteiger partial charge in [0.1, 0.15) is 12.6 Å². The Hall–Kier alpha value is -3.23. The van der Waals surface area contributed by atoms with E-state index in [1.807, 2.05) is 0 Å². The van der Waals surface area contributed by atoms with Crippen LogP contribution in [0.3, 0.4) is 0 Å². The average molecular weight is 798 g/mol. The van der Waals surface area contributed by atoms with Crippen LogP contribution in [-0.4, -0.2) is 75.5 Å². The molecular weight excluding hydrogens is 715 g/mol. The number of carbonyl (C=O) groups excluding carboxylic acids is 3. The van der Waals surface area contributed by atoms with Gasteiger partial charge in [-0.05, 0) is 57.8 Å². The minimum Gasteiger partial charge on any atom is -0.544 e. The van der Waals surface area contributed by atoms with Crippen LogP contribution in [-0.2, 0) is 28.6 Å². The molecule has 0 aromatic heterocycles. The Bertz CT molecular complexity index is 1160. The normalized spacial score (nSPS) is 13.6. The Morgan fingerprint density at radius 1 is 0.544 bits per heavy atom. The van der Waals surface area contributed by atoms with Crippen LogP contribution in [0.5, 0.6) is 0 Å². The van der Waals surface area contributed by atoms with Crippen molar-refractivity contribution in [1.29, 1.82) is 0 Å². The molecule has 326 valence electrons. The monoisotopic (exact) mass is 798 g/mol. The molecule has 0 radical (unpaired) electrons. The van der Waals surface area contributed by atoms with E-state index in [9.17, 15) is 19.5 Å². The van der Waals surface area contributed by atoms with Crippen LogP contribution in [0.2, 0.25) is 0 Å². The van der Waals surface area contributed by atoms with Crippen LogP contribution in [0.1, 0.15) is 168 Å². The van der Waals surface area contributed by atoms with Gasteiger partial charge in [-0.15, -0.1) is 0 Å². The van der Waals surface area contributed by atoms with Crippen molar-refractivity contribution in [3.8, 4) is 0 Å². The average Bonchev–Trinajstić information content (AvgIpc) is 3.17. The van der Waals surface area contributed by atoms with Gasteiger partial charge in [-0.25, -0.2) is 0 Å². The number of ether oxygens (including phenoxy) is 3. The van der Waals surface area contributed by atoms with Crippen LogP contribution < -0.4 is 5.11 Å². The van der Waals surface area contributed by atoms with Gasteiger partial charge in [0.25, 0.3) is 0 Å². The fraction of sp³-hybridized carbons (Fsp3) is 0.694. The molecule has 2 atom stereocenters. The van der Waals surface area contributed by atoms with Gasteiger partial charge >= 0.3 is 11.9 Å². The first-order chi connectivity index (χ1) is 27.6. The van der Waals surface area contributed by atoms with Gasteiger partial charge in [0.15, 0.2) is 6.10 Å². The first-order valence-electron chi connectivity index (χ1n) is 22.5. The molecule has 0 aromatic carbocycles. The molecule has 0 bridgehead atoms. The Kier molecular flexibility index (Phi) is 37.3. The molecule has 0 spiro atoms. The number of aliphatic carboxylic acids is 1. The molecule has 0 amide bonds. The summed E-state index contributed by atoms with van der Waals surface area (Å²) in [6, 6.07) is -0.735. The highest BCUT2D eigenvalue weighted by Gasteiger charge is 2.25. The van der Waals surface area contributed by atoms with E-state index in [1.165, 1.54) is 51.4 Å². The van der Waals surface area contributed by atoms with Gasteiger partial charge in [0, 0.05) is 19.3 Å². The number of allylic oxidation sites excluding steroid dienone is 12. The molecule has 0 aliphatic carbocycles. The van der Waals surface area contributed by atoms with Crippen LogP contribution >= 0.6 is 0 Å². The predicted molar refractivity (Wildman–Crippen MR) is 235 cm³/mol. The highest BCUT2D eigenvalue weighted by Crippen LogP contribution is 2.13. The predicted octanol–water partition coefficient (Wildman–Crippen LogP) is 11.0. The summed E-state index contributed by atoms with van der Waals surface area (Å²) >= 11 is 0. The van der Waals surface area contributed by atoms with E-state index in [2.05, 4.69) is 86.8 Å². The van der Waals surface area contributed by atoms with Crippen molar-refractivity contribution in [2.75, 3.05) is 41.0 Å². The van der Waals surface area contributed by atoms with E-state index in [0.29, 0.717) is 12.8 Å². The third-order valence-electron chi connectivity index (χ3n) is 9.70. The zero-order valence-electron chi connectivity index (χ0n) is 37.0. The van der Waals surface area contributed by atoms with Crippen molar-refractivity contribution in [2.45, 2.75) is 180 Å². The van der Waals surface area contributed by atoms with Gasteiger partial charge in [-0.1, -0.05) is 164 Å². The number of hydrogen-bond acceptors (Lipinski definition) is 7. The van der Waals surface area contributed by atoms with Crippen molar-refractivity contribution in [3.05, 3.63) is 72.9 Å². The number of hydrogen-bond donors (Lipinski definition) is 0. The summed E-state index contributed by atoms with van der Waals surface area (Å²) in [5.74, 6) is -1.78. The lowest BCUT2D eigenvalue weighted by Crippen LogP contribution is -2.55. The molecule has 0 saturated heterocycles. The standard InChI is InChI=1S/C49H83NO7/c1-6-8-10-12-14-16-18-20-22-23-24-26-28-30-32-34-36-38-40-48(52)57-45(43-55-42-41-46(49(53)54)50(3,4)5)44-56-47(51)39-37-35-33-31-29-27-25-21-19-17-15-13-11-9-7-2/h9,11,13,15,17-20,22-24,26,45-46H,6-8,10,12,14,16,21,25,27-44H2,1-5H3/b11-9+,15-13+,19-17+,20-18+,23-22+,26-24+. The lowest BCUT2D eigenvalue weighted by molar-refractivity contribution is -0.889. The fourth-order valence-corrected chi connectivity index (χ4v) is 6.19. The van der Waals surface area contributed by atoms with Crippen LogP contribution in [0.4, 0.5) is 0 Å². The zero-order valence-corrected chi connectivity index (χ0v) is 37.0. The summed E-state index contributed by atoms with van der Waals surface area (Å²) < 4.78 is 17.1. The summed E-state index contributed by atoms with van der Waals surface area (Å²) in [4.78, 5) is 36.9. The lowest BCUT2D eigenvalue weighted by atomic mass is 10.1. The van der Waals surface area contributed by atoms with E-state index in [4.69, 9.17) is 14.2 Å². The van der Waals surface area contributed by atoms with Crippen LogP contribution in [0.15, 0.2) is 72.9 Å². The quantitative estimate of drug-likeness (QED) is 0.0264. The number of unbranched alkanes of at least 4 members (excludes halogenated alkanes) is 17. The molecule has 8 nitrogen and oxygen atoms in total. The molecule has 57 heavy (non-hydrogen) atoms. The third kappa shape index (κ3) is 38.1. The van der Waals surface area contributed by atoms with Gasteiger partial charge < -0.3 is 28.6 Å². The molecule has 0 aromatic rings. The molecule has 0 heterocycles. The SMILES string of the molecule is CC/C=C/C=C/C=C/CCCCCCCCCC(=O)OCC(COCCC(C(=O)[O-])[N+](C)(C)C)OC(=O)CCCCCCC/C=C/C=C/C=C/CCCCCCC. The van der Waals surface area contributed by atoms with Crippen molar-refractivity contribution >= 4 is 17.9 Å². The second-order valence-electron chi connectivity index (χ2n) is 16.0. The topological polar surface area (TPSA) is 102 Å². The van der Waals surface area contributed by atoms with Crippen molar-refractivity contribution in [2.24, 2.45) is 0 Å². The number of quaternary nitrogens is 1. The van der Waals surface area contributed by atoms with E-state index >= 15 is 0 Å². The Balaban J connectivity index is 4.41. The molecule has 0 fully saturated rings. The Labute approximate surface area is 349 Å². The van der Waals surface area contributed by atoms with Crippen molar-refractivity contribution < 1.29 is 38.2 Å². The van der Waals surface area contributed by atoms with Crippen LogP contribution in [0, 0.1) is 0 Å². The Morgan fingerprint density at radius 3 is 1.44 bits per heavy atom. The van der Waals surface area contributed by atoms with Gasteiger partial charge in [-0.2, -0.15) is 0 Å². The number of likely N-dealkylation sites (N-methyl/N-ethyl adjacent to an activating group) is 1. The molecule has 0 aliphatic heterocycles. The molecule has 0 saturated carbocycles. The van der Waals surface area contributed by atoms with E-state index in [1.54, 1.807) is 21.1 Å². The van der Waals surface area contributed by atoms with E-state index < -0.39 is 18.1 Å². The largest absolute Gasteiger partial charge is 0.544 e. The number of carboxylic acid groups (broad SMARTS) is 1. The number of nitrogens with zero attached hydrogens (tertiary/aromatic N) is 1. The van der Waals surface area contributed by atoms with Gasteiger partial charge in [-0.3, -0.25) is 9.59 Å². The zero-order chi connectivity index (χ0) is 42.1. The highest BCUT2D eigenvalue weighted by atomic mass is 16.6. The number of carbonyl (C=O) groups is 3. The molecule has 0 aliphatic rings. The number of carboxylic acids is 1. The minimum atomic E-state index is -1.13. The third-order valence-corrected chi connectivity index (χ3v) is 9.70. The van der Waals surface area contributed by atoms with Gasteiger partial charge in [0.2, 0.25) is 0 Å². The van der Waals surface area contributed by atoms with Gasteiger partial charge in [0.05, 0.1) is 40.3 Å². The fourth-order valence-electron chi connectivity index (χ4n) is 6.19. The molecule has 8 heteroatoms.